The van der Waals surface area contributed by atoms with Gasteiger partial charge in [-0.2, -0.15) is 33.7 Å². The van der Waals surface area contributed by atoms with Gasteiger partial charge < -0.3 is 11.5 Å². The van der Waals surface area contributed by atoms with Gasteiger partial charge in [-0.15, -0.1) is 20.5 Å². The summed E-state index contributed by atoms with van der Waals surface area (Å²) >= 11 is 0. The van der Waals surface area contributed by atoms with Crippen LogP contribution in [0.15, 0.2) is 82.5 Å². The first-order valence-corrected chi connectivity index (χ1v) is 21.8. The number of hydrogen-bond donors (Lipinski definition) is 6. The first kappa shape index (κ1) is 42.3. The van der Waals surface area contributed by atoms with Gasteiger partial charge in [0.15, 0.2) is 31.3 Å². The maximum Gasteiger partial charge on any atom is 0.397 e. The summed E-state index contributed by atoms with van der Waals surface area (Å²) in [5.74, 6) is -3.02. The summed E-state index contributed by atoms with van der Waals surface area (Å²) < 4.78 is 185. The van der Waals surface area contributed by atoms with Gasteiger partial charge in [0.2, 0.25) is 0 Å². The summed E-state index contributed by atoms with van der Waals surface area (Å²) in [4.78, 5) is 0.0665. The highest BCUT2D eigenvalue weighted by atomic mass is 32.3. The molecule has 0 spiro atoms. The van der Waals surface area contributed by atoms with Crippen LogP contribution < -0.4 is 11.5 Å². The average molecular weight is 854 g/mol. The monoisotopic (exact) mass is 853 g/mol. The number of hydrogen-bond acceptors (Lipinski definition) is 21. The van der Waals surface area contributed by atoms with E-state index in [1.807, 2.05) is 0 Å². The third kappa shape index (κ3) is 12.0. The lowest BCUT2D eigenvalue weighted by Crippen LogP contribution is -2.16. The lowest BCUT2D eigenvalue weighted by molar-refractivity contribution is 0.282. The van der Waals surface area contributed by atoms with Gasteiger partial charge in [0.25, 0.3) is 20.2 Å². The Labute approximate surface area is 294 Å². The largest absolute Gasteiger partial charge is 0.397 e. The number of sulfone groups is 2. The minimum Gasteiger partial charge on any atom is -0.382 e. The molecule has 3 rings (SSSR count). The third-order valence-corrected chi connectivity index (χ3v) is 11.9. The molecular formula is C21H23N7O18S6. The smallest absolute Gasteiger partial charge is 0.382 e. The molecule has 0 amide bonds. The number of nitrogen functional groups attached to an aromatic ring is 2. The maximum absolute atomic E-state index is 12.5. The highest BCUT2D eigenvalue weighted by Gasteiger charge is 2.25. The average Bonchev–Trinajstić information content (AvgIpc) is 2.97. The standard InChI is InChI=1S/C21H23N7O18S6/c22-20-16(27-25-14-3-1-12(9-18(14)49(33,34)35)47(29,30)7-5-45-51(39,40)41)11-17(21(23)24-20)28-26-15-4-2-13(10-19(15)50(36,37)38)48(31,32)8-6-46-52(42,43)44/h1-4,9-11H,5-8H2,(H4,22,23,24)(H,33,34,35)(H,36,37,38)(H,39,40,41)(H,42,43,44)/b27-25+,28-26+. The van der Waals surface area contributed by atoms with Gasteiger partial charge in [-0.05, 0) is 36.4 Å². The van der Waals surface area contributed by atoms with E-state index in [1.54, 1.807) is 0 Å². The van der Waals surface area contributed by atoms with Crippen molar-refractivity contribution in [2.45, 2.75) is 19.6 Å². The first-order chi connectivity index (χ1) is 23.6. The Morgan fingerprint density at radius 2 is 0.846 bits per heavy atom. The Morgan fingerprint density at radius 1 is 0.519 bits per heavy atom. The molecule has 0 aliphatic heterocycles. The van der Waals surface area contributed by atoms with Gasteiger partial charge >= 0.3 is 20.8 Å². The van der Waals surface area contributed by atoms with Crippen LogP contribution >= 0.6 is 0 Å². The van der Waals surface area contributed by atoms with Crippen LogP contribution in [0.1, 0.15) is 0 Å². The SMILES string of the molecule is Nc1nc(N)c(/N=N/c2ccc(S(=O)(=O)CCOS(=O)(=O)O)cc2S(=O)(=O)O)cc1/N=N/c1ccc(S(=O)(=O)CCOS(=O)(=O)O)cc1S(=O)(=O)O. The van der Waals surface area contributed by atoms with E-state index in [0.717, 1.165) is 30.3 Å². The molecule has 286 valence electrons. The topological polar surface area (TPSA) is 419 Å². The van der Waals surface area contributed by atoms with Crippen LogP contribution in [0.3, 0.4) is 0 Å². The number of nitrogens with two attached hydrogens (primary N) is 2. The van der Waals surface area contributed by atoms with E-state index < -0.39 is 139 Å². The van der Waals surface area contributed by atoms with E-state index in [2.05, 4.69) is 33.8 Å². The highest BCUT2D eigenvalue weighted by Crippen LogP contribution is 2.36. The fraction of sp³-hybridized carbons (Fsp3) is 0.190. The Kier molecular flexibility index (Phi) is 12.6. The molecule has 0 saturated carbocycles. The number of anilines is 2. The summed E-state index contributed by atoms with van der Waals surface area (Å²) in [6.45, 7) is -2.09. The zero-order chi connectivity index (χ0) is 39.5. The molecule has 2 aromatic carbocycles. The molecule has 25 nitrogen and oxygen atoms in total. The van der Waals surface area contributed by atoms with E-state index in [4.69, 9.17) is 20.6 Å². The second-order valence-electron chi connectivity index (χ2n) is 9.54. The molecule has 1 heterocycles. The molecule has 52 heavy (non-hydrogen) atoms. The molecule has 0 aliphatic rings. The van der Waals surface area contributed by atoms with Crippen molar-refractivity contribution in [1.82, 2.24) is 4.98 Å². The van der Waals surface area contributed by atoms with Crippen LogP contribution in [-0.4, -0.2) is 98.4 Å². The molecule has 8 N–H and O–H groups in total. The van der Waals surface area contributed by atoms with Crippen molar-refractivity contribution in [3.8, 4) is 0 Å². The van der Waals surface area contributed by atoms with Gasteiger partial charge in [0.05, 0.1) is 34.5 Å². The van der Waals surface area contributed by atoms with Crippen LogP contribution in [0, 0.1) is 0 Å². The van der Waals surface area contributed by atoms with Crippen molar-refractivity contribution >= 4 is 95.1 Å². The predicted octanol–water partition coefficient (Wildman–Crippen LogP) is 0.756. The minimum atomic E-state index is -5.20. The lowest BCUT2D eigenvalue weighted by Gasteiger charge is -2.08. The van der Waals surface area contributed by atoms with Crippen molar-refractivity contribution < 1.29 is 77.1 Å². The molecule has 0 fully saturated rings. The molecule has 0 aliphatic carbocycles. The second-order valence-corrected chi connectivity index (χ2v) is 18.7. The predicted molar refractivity (Wildman–Crippen MR) is 173 cm³/mol. The van der Waals surface area contributed by atoms with E-state index in [-0.39, 0.29) is 0 Å². The van der Waals surface area contributed by atoms with Crippen molar-refractivity contribution in [2.75, 3.05) is 36.2 Å². The molecule has 0 radical (unpaired) electrons. The number of benzene rings is 2. The van der Waals surface area contributed by atoms with Gasteiger partial charge in [0, 0.05) is 6.07 Å². The van der Waals surface area contributed by atoms with Crippen LogP contribution in [0.2, 0.25) is 0 Å². The fourth-order valence-corrected chi connectivity index (χ4v) is 8.05. The molecule has 0 saturated heterocycles. The number of aromatic nitrogens is 1. The molecule has 0 unspecified atom stereocenters. The van der Waals surface area contributed by atoms with Crippen molar-refractivity contribution in [2.24, 2.45) is 20.5 Å². The molecule has 0 atom stereocenters. The van der Waals surface area contributed by atoms with Crippen molar-refractivity contribution in [3.63, 3.8) is 0 Å². The van der Waals surface area contributed by atoms with E-state index in [0.29, 0.717) is 12.1 Å². The summed E-state index contributed by atoms with van der Waals surface area (Å²) in [7, 11) is -29.3. The lowest BCUT2D eigenvalue weighted by atomic mass is 10.3. The molecule has 31 heteroatoms. The zero-order valence-corrected chi connectivity index (χ0v) is 30.1. The number of rotatable bonds is 16. The van der Waals surface area contributed by atoms with E-state index in [1.165, 1.54) is 0 Å². The van der Waals surface area contributed by atoms with Crippen LogP contribution in [0.25, 0.3) is 0 Å². The molecular weight excluding hydrogens is 831 g/mol. The number of nitrogens with zero attached hydrogens (tertiary/aromatic N) is 5. The zero-order valence-electron chi connectivity index (χ0n) is 25.2. The normalized spacial score (nSPS) is 13.6. The number of azo groups is 2. The minimum absolute atomic E-state index is 0.410. The third-order valence-electron chi connectivity index (χ3n) is 5.88. The van der Waals surface area contributed by atoms with Crippen molar-refractivity contribution in [3.05, 3.63) is 42.5 Å². The fourth-order valence-electron chi connectivity index (χ4n) is 3.59. The van der Waals surface area contributed by atoms with E-state index in [9.17, 15) is 59.6 Å². The van der Waals surface area contributed by atoms with Gasteiger partial charge in [-0.1, -0.05) is 0 Å². The molecule has 1 aromatic heterocycles. The van der Waals surface area contributed by atoms with Gasteiger partial charge in [-0.3, -0.25) is 18.2 Å². The summed E-state index contributed by atoms with van der Waals surface area (Å²) in [5, 5.41) is 14.6. The van der Waals surface area contributed by atoms with Crippen molar-refractivity contribution in [1.29, 1.82) is 0 Å². The summed E-state index contributed by atoms with van der Waals surface area (Å²) in [6.07, 6.45) is 0. The van der Waals surface area contributed by atoms with Crippen LogP contribution in [0.4, 0.5) is 34.4 Å². The highest BCUT2D eigenvalue weighted by molar-refractivity contribution is 7.92. The summed E-state index contributed by atoms with van der Waals surface area (Å²) in [5.41, 5.74) is 9.42. The van der Waals surface area contributed by atoms with Gasteiger partial charge in [0.1, 0.15) is 32.5 Å². The quantitative estimate of drug-likeness (QED) is 0.0855. The van der Waals surface area contributed by atoms with Crippen LogP contribution in [0.5, 0.6) is 0 Å². The van der Waals surface area contributed by atoms with Crippen LogP contribution in [-0.2, 0) is 69.1 Å². The Balaban J connectivity index is 1.99. The van der Waals surface area contributed by atoms with E-state index >= 15 is 0 Å². The Morgan fingerprint density at radius 3 is 1.15 bits per heavy atom. The second kappa shape index (κ2) is 15.4. The first-order valence-electron chi connectivity index (χ1n) is 12.9. The Bertz CT molecular complexity index is 2450. The maximum atomic E-state index is 12.5. The molecule has 3 aromatic rings. The number of pyridine rings is 1. The molecule has 0 bridgehead atoms. The van der Waals surface area contributed by atoms with Gasteiger partial charge in [-0.25, -0.2) is 30.2 Å². The summed E-state index contributed by atoms with van der Waals surface area (Å²) in [6, 6.07) is 5.06. The Hall–Kier alpha value is -4.15.